The van der Waals surface area contributed by atoms with Crippen LogP contribution in [-0.4, -0.2) is 58.5 Å². The smallest absolute Gasteiger partial charge is 0.267 e. The number of benzene rings is 1. The van der Waals surface area contributed by atoms with Gasteiger partial charge in [-0.25, -0.2) is 5.10 Å². The van der Waals surface area contributed by atoms with Crippen molar-refractivity contribution in [1.29, 1.82) is 0 Å². The molecule has 0 atom stereocenters. The number of hydrogen-bond acceptors (Lipinski definition) is 4. The molecule has 1 aromatic carbocycles. The van der Waals surface area contributed by atoms with E-state index in [1.165, 1.54) is 0 Å². The summed E-state index contributed by atoms with van der Waals surface area (Å²) in [5, 5.41) is 6.64. The fourth-order valence-electron chi connectivity index (χ4n) is 2.97. The summed E-state index contributed by atoms with van der Waals surface area (Å²) in [6, 6.07) is 7.33. The van der Waals surface area contributed by atoms with Gasteiger partial charge in [0.1, 0.15) is 6.54 Å². The van der Waals surface area contributed by atoms with Gasteiger partial charge in [0.15, 0.2) is 0 Å². The SMILES string of the molecule is Cc1c(Cc2cccc(C(=O)N3CCN(C)C(=O)C3)c2)n[nH]c(=O)c1C. The van der Waals surface area contributed by atoms with Crippen LogP contribution in [0.4, 0.5) is 0 Å². The topological polar surface area (TPSA) is 86.4 Å². The molecule has 1 saturated heterocycles. The first kappa shape index (κ1) is 17.8. The second-order valence-electron chi connectivity index (χ2n) is 6.67. The van der Waals surface area contributed by atoms with Gasteiger partial charge < -0.3 is 9.80 Å². The van der Waals surface area contributed by atoms with Gasteiger partial charge in [-0.2, -0.15) is 5.10 Å². The predicted molar refractivity (Wildman–Crippen MR) is 97.1 cm³/mol. The van der Waals surface area contributed by atoms with Crippen LogP contribution in [0.5, 0.6) is 0 Å². The molecule has 0 unspecified atom stereocenters. The van der Waals surface area contributed by atoms with Crippen molar-refractivity contribution in [3.8, 4) is 0 Å². The van der Waals surface area contributed by atoms with Crippen LogP contribution in [0.15, 0.2) is 29.1 Å². The summed E-state index contributed by atoms with van der Waals surface area (Å²) in [7, 11) is 1.74. The van der Waals surface area contributed by atoms with Crippen LogP contribution in [0.3, 0.4) is 0 Å². The lowest BCUT2D eigenvalue weighted by atomic mass is 10.0. The molecule has 1 aromatic heterocycles. The third-order valence-electron chi connectivity index (χ3n) is 4.92. The van der Waals surface area contributed by atoms with Crippen molar-refractivity contribution in [2.75, 3.05) is 26.7 Å². The molecule has 3 rings (SSSR count). The number of nitrogens with zero attached hydrogens (tertiary/aromatic N) is 3. The van der Waals surface area contributed by atoms with Crippen LogP contribution >= 0.6 is 0 Å². The molecule has 7 heteroatoms. The predicted octanol–water partition coefficient (Wildman–Crippen LogP) is 0.892. The second kappa shape index (κ2) is 7.11. The monoisotopic (exact) mass is 354 g/mol. The molecule has 2 heterocycles. The highest BCUT2D eigenvalue weighted by atomic mass is 16.2. The van der Waals surface area contributed by atoms with Crippen LogP contribution in [0.25, 0.3) is 0 Å². The number of aromatic nitrogens is 2. The molecule has 0 spiro atoms. The molecular weight excluding hydrogens is 332 g/mol. The Morgan fingerprint density at radius 2 is 1.96 bits per heavy atom. The minimum atomic E-state index is -0.185. The largest absolute Gasteiger partial charge is 0.342 e. The molecule has 1 fully saturated rings. The molecule has 1 N–H and O–H groups in total. The third-order valence-corrected chi connectivity index (χ3v) is 4.92. The average molecular weight is 354 g/mol. The molecule has 1 aliphatic heterocycles. The van der Waals surface area contributed by atoms with E-state index in [0.29, 0.717) is 30.6 Å². The summed E-state index contributed by atoms with van der Waals surface area (Å²) in [4.78, 5) is 39.4. The van der Waals surface area contributed by atoms with Gasteiger partial charge in [0.2, 0.25) is 5.91 Å². The fraction of sp³-hybridized carbons (Fsp3) is 0.368. The zero-order chi connectivity index (χ0) is 18.8. The van der Waals surface area contributed by atoms with E-state index in [-0.39, 0.29) is 23.9 Å². The fourth-order valence-corrected chi connectivity index (χ4v) is 2.97. The van der Waals surface area contributed by atoms with E-state index in [9.17, 15) is 14.4 Å². The normalized spacial score (nSPS) is 14.7. The Morgan fingerprint density at radius 3 is 2.69 bits per heavy atom. The Labute approximate surface area is 151 Å². The second-order valence-corrected chi connectivity index (χ2v) is 6.67. The van der Waals surface area contributed by atoms with Crippen molar-refractivity contribution in [1.82, 2.24) is 20.0 Å². The summed E-state index contributed by atoms with van der Waals surface area (Å²) < 4.78 is 0. The molecule has 2 aromatic rings. The summed E-state index contributed by atoms with van der Waals surface area (Å²) >= 11 is 0. The van der Waals surface area contributed by atoms with Gasteiger partial charge in [-0.1, -0.05) is 12.1 Å². The van der Waals surface area contributed by atoms with E-state index >= 15 is 0 Å². The van der Waals surface area contributed by atoms with Gasteiger partial charge in [-0.05, 0) is 37.1 Å². The first-order chi connectivity index (χ1) is 12.4. The molecule has 26 heavy (non-hydrogen) atoms. The minimum absolute atomic E-state index is 0.0516. The molecule has 2 amide bonds. The summed E-state index contributed by atoms with van der Waals surface area (Å²) in [5.74, 6) is -0.195. The zero-order valence-electron chi connectivity index (χ0n) is 15.2. The van der Waals surface area contributed by atoms with Crippen molar-refractivity contribution in [2.24, 2.45) is 0 Å². The molecule has 0 saturated carbocycles. The van der Waals surface area contributed by atoms with E-state index in [2.05, 4.69) is 10.2 Å². The van der Waals surface area contributed by atoms with E-state index < -0.39 is 0 Å². The van der Waals surface area contributed by atoms with Crippen molar-refractivity contribution in [3.05, 3.63) is 62.6 Å². The van der Waals surface area contributed by atoms with Crippen molar-refractivity contribution in [3.63, 3.8) is 0 Å². The first-order valence-electron chi connectivity index (χ1n) is 8.53. The minimum Gasteiger partial charge on any atom is -0.342 e. The maximum atomic E-state index is 12.7. The van der Waals surface area contributed by atoms with Crippen molar-refractivity contribution in [2.45, 2.75) is 20.3 Å². The molecule has 0 aliphatic carbocycles. The van der Waals surface area contributed by atoms with Gasteiger partial charge in [0.25, 0.3) is 11.5 Å². The lowest BCUT2D eigenvalue weighted by molar-refractivity contribution is -0.133. The maximum absolute atomic E-state index is 12.7. The number of rotatable bonds is 3. The van der Waals surface area contributed by atoms with Crippen LogP contribution in [-0.2, 0) is 11.2 Å². The number of amides is 2. The quantitative estimate of drug-likeness (QED) is 0.887. The number of hydrogen-bond donors (Lipinski definition) is 1. The van der Waals surface area contributed by atoms with Gasteiger partial charge in [-0.15, -0.1) is 0 Å². The Kier molecular flexibility index (Phi) is 4.88. The lowest BCUT2D eigenvalue weighted by Gasteiger charge is -2.32. The maximum Gasteiger partial charge on any atom is 0.267 e. The van der Waals surface area contributed by atoms with Crippen LogP contribution < -0.4 is 5.56 Å². The van der Waals surface area contributed by atoms with Crippen LogP contribution in [0.2, 0.25) is 0 Å². The van der Waals surface area contributed by atoms with Gasteiger partial charge in [0.05, 0.1) is 5.69 Å². The molecule has 136 valence electrons. The summed E-state index contributed by atoms with van der Waals surface area (Å²) in [5.41, 5.74) is 3.58. The van der Waals surface area contributed by atoms with Crippen LogP contribution in [0.1, 0.15) is 32.7 Å². The molecule has 0 bridgehead atoms. The molecule has 1 aliphatic rings. The highest BCUT2D eigenvalue weighted by Crippen LogP contribution is 2.15. The number of nitrogens with one attached hydrogen (secondary N) is 1. The van der Waals surface area contributed by atoms with E-state index in [1.807, 2.05) is 25.1 Å². The van der Waals surface area contributed by atoms with Crippen molar-refractivity contribution >= 4 is 11.8 Å². The number of likely N-dealkylation sites (N-methyl/N-ethyl adjacent to an activating group) is 1. The number of aromatic amines is 1. The van der Waals surface area contributed by atoms with E-state index in [4.69, 9.17) is 0 Å². The molecular formula is C19H22N4O3. The highest BCUT2D eigenvalue weighted by Gasteiger charge is 2.25. The first-order valence-corrected chi connectivity index (χ1v) is 8.53. The number of piperazine rings is 1. The zero-order valence-corrected chi connectivity index (χ0v) is 15.2. The van der Waals surface area contributed by atoms with Gasteiger partial charge in [0, 0.05) is 37.7 Å². The Morgan fingerprint density at radius 1 is 1.19 bits per heavy atom. The Hall–Kier alpha value is -2.96. The summed E-state index contributed by atoms with van der Waals surface area (Å²) in [6.45, 7) is 4.83. The van der Waals surface area contributed by atoms with Gasteiger partial charge >= 0.3 is 0 Å². The number of carbonyl (C=O) groups excluding carboxylic acids is 2. The molecule has 7 nitrogen and oxygen atoms in total. The van der Waals surface area contributed by atoms with Gasteiger partial charge in [-0.3, -0.25) is 14.4 Å². The van der Waals surface area contributed by atoms with E-state index in [1.54, 1.807) is 29.8 Å². The highest BCUT2D eigenvalue weighted by molar-refractivity contribution is 5.97. The summed E-state index contributed by atoms with van der Waals surface area (Å²) in [6.07, 6.45) is 0.520. The Balaban J connectivity index is 1.80. The average Bonchev–Trinajstić information content (AvgIpc) is 2.64. The number of H-pyrrole nitrogens is 1. The lowest BCUT2D eigenvalue weighted by Crippen LogP contribution is -2.50. The van der Waals surface area contributed by atoms with Crippen molar-refractivity contribution < 1.29 is 9.59 Å². The standard InChI is InChI=1S/C19H22N4O3/c1-12-13(2)18(25)21-20-16(12)10-14-5-4-6-15(9-14)19(26)23-8-7-22(3)17(24)11-23/h4-6,9H,7-8,10-11H2,1-3H3,(H,21,25). The third kappa shape index (κ3) is 3.51. The number of carbonyl (C=O) groups is 2. The molecule has 0 radical (unpaired) electrons. The van der Waals surface area contributed by atoms with Crippen LogP contribution in [0, 0.1) is 13.8 Å². The van der Waals surface area contributed by atoms with E-state index in [0.717, 1.165) is 16.8 Å². The Bertz CT molecular complexity index is 919.